The van der Waals surface area contributed by atoms with Gasteiger partial charge in [-0.05, 0) is 60.8 Å². The van der Waals surface area contributed by atoms with Gasteiger partial charge in [0.15, 0.2) is 0 Å². The Morgan fingerprint density at radius 3 is 2.46 bits per heavy atom. The molecule has 0 bridgehead atoms. The zero-order valence-electron chi connectivity index (χ0n) is 19.4. The van der Waals surface area contributed by atoms with Gasteiger partial charge in [-0.15, -0.1) is 0 Å². The van der Waals surface area contributed by atoms with E-state index in [1.54, 1.807) is 12.1 Å². The number of aromatic nitrogens is 3. The van der Waals surface area contributed by atoms with E-state index in [-0.39, 0.29) is 0 Å². The predicted octanol–water partition coefficient (Wildman–Crippen LogP) is 3.35. The molecule has 3 heterocycles. The van der Waals surface area contributed by atoms with Crippen LogP contribution in [0.2, 0.25) is 0 Å². The molecule has 0 unspecified atom stereocenters. The van der Waals surface area contributed by atoms with Crippen molar-refractivity contribution in [3.8, 4) is 17.2 Å². The van der Waals surface area contributed by atoms with Crippen LogP contribution in [-0.4, -0.2) is 58.5 Å². The number of nitrogens with two attached hydrogens (primary N) is 1. The second-order valence-corrected chi connectivity index (χ2v) is 8.83. The van der Waals surface area contributed by atoms with Crippen molar-refractivity contribution in [2.45, 2.75) is 12.8 Å². The number of hydrogen-bond acceptors (Lipinski definition) is 6. The number of benzene rings is 2. The molecular formula is C27H27N7O. The maximum Gasteiger partial charge on any atom is 0.248 e. The molecule has 0 atom stereocenters. The minimum absolute atomic E-state index is 0.436. The second-order valence-electron chi connectivity index (χ2n) is 8.83. The third kappa shape index (κ3) is 5.00. The van der Waals surface area contributed by atoms with Crippen LogP contribution in [0.25, 0.3) is 22.0 Å². The Labute approximate surface area is 204 Å². The number of anilines is 1. The highest BCUT2D eigenvalue weighted by atomic mass is 16.1. The van der Waals surface area contributed by atoms with Crippen LogP contribution < -0.4 is 10.6 Å². The summed E-state index contributed by atoms with van der Waals surface area (Å²) in [5, 5.41) is 10.3. The first-order valence-electron chi connectivity index (χ1n) is 11.8. The largest absolute Gasteiger partial charge is 0.366 e. The van der Waals surface area contributed by atoms with Gasteiger partial charge in [-0.2, -0.15) is 5.26 Å². The van der Waals surface area contributed by atoms with Crippen LogP contribution in [0.4, 0.5) is 5.95 Å². The number of nitrogens with zero attached hydrogens (tertiary/aromatic N) is 5. The van der Waals surface area contributed by atoms with E-state index in [9.17, 15) is 10.1 Å². The number of carbonyl (C=O) groups excluding carboxylic acids is 1. The molecule has 1 aliphatic rings. The molecule has 176 valence electrons. The van der Waals surface area contributed by atoms with Gasteiger partial charge in [-0.1, -0.05) is 12.1 Å². The summed E-state index contributed by atoms with van der Waals surface area (Å²) in [5.41, 5.74) is 10.7. The number of aryl methyl sites for hydroxylation is 1. The van der Waals surface area contributed by atoms with Crippen LogP contribution in [0.5, 0.6) is 0 Å². The molecule has 8 nitrogen and oxygen atoms in total. The Morgan fingerprint density at radius 1 is 1.03 bits per heavy atom. The maximum atomic E-state index is 11.2. The Morgan fingerprint density at radius 2 is 1.77 bits per heavy atom. The molecule has 1 aliphatic heterocycles. The van der Waals surface area contributed by atoms with Gasteiger partial charge >= 0.3 is 0 Å². The highest BCUT2D eigenvalue weighted by Gasteiger charge is 2.19. The normalized spacial score (nSPS) is 14.2. The zero-order valence-corrected chi connectivity index (χ0v) is 19.4. The second kappa shape index (κ2) is 9.95. The molecule has 0 aliphatic carbocycles. The minimum Gasteiger partial charge on any atom is -0.366 e. The highest BCUT2D eigenvalue weighted by Crippen LogP contribution is 2.22. The number of rotatable bonds is 7. The van der Waals surface area contributed by atoms with Gasteiger partial charge in [-0.25, -0.2) is 9.97 Å². The van der Waals surface area contributed by atoms with Crippen molar-refractivity contribution in [1.82, 2.24) is 19.9 Å². The van der Waals surface area contributed by atoms with E-state index < -0.39 is 5.91 Å². The van der Waals surface area contributed by atoms with Crippen molar-refractivity contribution >= 4 is 22.8 Å². The van der Waals surface area contributed by atoms with Gasteiger partial charge in [0.25, 0.3) is 0 Å². The Bertz CT molecular complexity index is 1360. The lowest BCUT2D eigenvalue weighted by molar-refractivity contribution is 0.100. The van der Waals surface area contributed by atoms with Crippen LogP contribution >= 0.6 is 0 Å². The lowest BCUT2D eigenvalue weighted by atomic mass is 10.1. The average Bonchev–Trinajstić information content (AvgIpc) is 3.31. The van der Waals surface area contributed by atoms with Crippen LogP contribution in [-0.2, 0) is 6.42 Å². The molecule has 2 aromatic heterocycles. The van der Waals surface area contributed by atoms with E-state index >= 15 is 0 Å². The molecule has 2 aromatic carbocycles. The van der Waals surface area contributed by atoms with Crippen molar-refractivity contribution in [2.24, 2.45) is 5.73 Å². The van der Waals surface area contributed by atoms with E-state index in [4.69, 9.17) is 5.73 Å². The van der Waals surface area contributed by atoms with Gasteiger partial charge in [-0.3, -0.25) is 9.69 Å². The highest BCUT2D eigenvalue weighted by molar-refractivity contribution is 5.93. The third-order valence-electron chi connectivity index (χ3n) is 6.61. The van der Waals surface area contributed by atoms with Gasteiger partial charge in [0.2, 0.25) is 11.9 Å². The summed E-state index contributed by atoms with van der Waals surface area (Å²) >= 11 is 0. The monoisotopic (exact) mass is 465 g/mol. The summed E-state index contributed by atoms with van der Waals surface area (Å²) in [4.78, 5) is 28.4. The van der Waals surface area contributed by atoms with Crippen LogP contribution in [0.15, 0.2) is 61.1 Å². The molecule has 1 amide bonds. The van der Waals surface area contributed by atoms with Crippen molar-refractivity contribution < 1.29 is 4.79 Å². The Kier molecular flexibility index (Phi) is 6.42. The number of H-pyrrole nitrogens is 1. The molecule has 0 spiro atoms. The minimum atomic E-state index is -0.436. The first-order chi connectivity index (χ1) is 17.1. The lowest BCUT2D eigenvalue weighted by Crippen LogP contribution is -2.47. The molecule has 35 heavy (non-hydrogen) atoms. The maximum absolute atomic E-state index is 11.2. The Hall–Kier alpha value is -4.22. The number of aromatic amines is 1. The number of hydrogen-bond donors (Lipinski definition) is 2. The van der Waals surface area contributed by atoms with Crippen LogP contribution in [0.1, 0.15) is 27.9 Å². The topological polar surface area (TPSA) is 115 Å². The van der Waals surface area contributed by atoms with Crippen molar-refractivity contribution in [3.63, 3.8) is 0 Å². The summed E-state index contributed by atoms with van der Waals surface area (Å²) in [6.45, 7) is 4.79. The molecule has 8 heteroatoms. The van der Waals surface area contributed by atoms with Crippen molar-refractivity contribution in [1.29, 1.82) is 5.26 Å². The first kappa shape index (κ1) is 22.6. The number of carbonyl (C=O) groups is 1. The van der Waals surface area contributed by atoms with Gasteiger partial charge in [0.05, 0.1) is 11.6 Å². The summed E-state index contributed by atoms with van der Waals surface area (Å²) in [6.07, 6.45) is 7.78. The summed E-state index contributed by atoms with van der Waals surface area (Å²) in [5.74, 6) is 0.309. The van der Waals surface area contributed by atoms with E-state index in [1.165, 1.54) is 5.56 Å². The van der Waals surface area contributed by atoms with Gasteiger partial charge in [0, 0.05) is 66.8 Å². The number of nitrogens with one attached hydrogen (secondary N) is 1. The van der Waals surface area contributed by atoms with Crippen LogP contribution in [0, 0.1) is 11.3 Å². The van der Waals surface area contributed by atoms with Crippen molar-refractivity contribution in [3.05, 3.63) is 77.7 Å². The summed E-state index contributed by atoms with van der Waals surface area (Å²) in [6, 6.07) is 15.2. The average molecular weight is 466 g/mol. The van der Waals surface area contributed by atoms with Crippen LogP contribution in [0.3, 0.4) is 0 Å². The molecule has 4 aromatic rings. The van der Waals surface area contributed by atoms with Gasteiger partial charge in [0.1, 0.15) is 0 Å². The van der Waals surface area contributed by atoms with E-state index in [2.05, 4.69) is 37.0 Å². The molecule has 0 radical (unpaired) electrons. The fourth-order valence-corrected chi connectivity index (χ4v) is 4.58. The van der Waals surface area contributed by atoms with Crippen molar-refractivity contribution in [2.75, 3.05) is 37.6 Å². The number of primary amides is 1. The smallest absolute Gasteiger partial charge is 0.248 e. The summed E-state index contributed by atoms with van der Waals surface area (Å²) < 4.78 is 0. The van der Waals surface area contributed by atoms with E-state index in [0.29, 0.717) is 11.1 Å². The fraction of sp³-hybridized carbons (Fsp3) is 0.259. The van der Waals surface area contributed by atoms with E-state index in [0.717, 1.165) is 73.5 Å². The number of amides is 1. The number of nitriles is 1. The molecule has 1 fully saturated rings. The zero-order chi connectivity index (χ0) is 24.2. The number of piperazine rings is 1. The SMILES string of the molecule is N#Cc1ccc2[nH]cc(CCCN3CCN(c4ncc(-c5ccc(C(N)=O)cc5)cn4)CC3)c2c1. The first-order valence-corrected chi connectivity index (χ1v) is 11.8. The van der Waals surface area contributed by atoms with Gasteiger partial charge < -0.3 is 15.6 Å². The molecule has 3 N–H and O–H groups in total. The molecule has 0 saturated carbocycles. The number of fused-ring (bicyclic) bond motifs is 1. The molecule has 1 saturated heterocycles. The standard InChI is InChI=1S/C27H27N7O/c28-15-19-3-8-25-24(14-19)22(16-30-25)2-1-9-33-10-12-34(13-11-33)27-31-17-23(18-32-27)20-4-6-21(7-5-20)26(29)35/h3-8,14,16-18,30H,1-2,9-13H2,(H2,29,35). The fourth-order valence-electron chi connectivity index (χ4n) is 4.58. The molecular weight excluding hydrogens is 438 g/mol. The predicted molar refractivity (Wildman–Crippen MR) is 136 cm³/mol. The quantitative estimate of drug-likeness (QED) is 0.433. The lowest BCUT2D eigenvalue weighted by Gasteiger charge is -2.34. The Balaban J connectivity index is 1.12. The summed E-state index contributed by atoms with van der Waals surface area (Å²) in [7, 11) is 0. The van der Waals surface area contributed by atoms with E-state index in [1.807, 2.05) is 42.7 Å². The third-order valence-corrected chi connectivity index (χ3v) is 6.61. The molecule has 5 rings (SSSR count).